The summed E-state index contributed by atoms with van der Waals surface area (Å²) < 4.78 is 16.9. The number of ether oxygens (including phenoxy) is 3. The van der Waals surface area contributed by atoms with E-state index in [0.717, 1.165) is 16.8 Å². The molecule has 1 aliphatic rings. The van der Waals surface area contributed by atoms with Crippen LogP contribution in [0.25, 0.3) is 0 Å². The Hall–Kier alpha value is -3.15. The number of aromatic amines is 1. The molecule has 4 N–H and O–H groups in total. The van der Waals surface area contributed by atoms with Crippen molar-refractivity contribution < 1.29 is 34.3 Å². The van der Waals surface area contributed by atoms with Gasteiger partial charge < -0.3 is 29.5 Å². The number of carbonyl (C=O) groups excluding carboxylic acids is 1. The molecule has 156 valence electrons. The van der Waals surface area contributed by atoms with Gasteiger partial charge in [-0.05, 0) is 18.6 Å². The quantitative estimate of drug-likeness (QED) is 0.457. The standard InChI is InChI=1S/C18H20N2O9/c1-8-5-9(22)6-10(27-2)13(8)17(25)29-15-11(7-21)28-16(14(15)24)20-4-3-12(23)19-18(20)26/h3-6,11,14-16,21-22,24H,7H2,1-2H3,(H,19,23,26)/t11-,14-,15-,16-/m1/s1. The Morgan fingerprint density at radius 3 is 2.69 bits per heavy atom. The number of nitrogens with one attached hydrogen (secondary N) is 1. The number of esters is 1. The monoisotopic (exact) mass is 408 g/mol. The van der Waals surface area contributed by atoms with Crippen molar-refractivity contribution >= 4 is 5.97 Å². The molecule has 0 aliphatic carbocycles. The summed E-state index contributed by atoms with van der Waals surface area (Å²) in [4.78, 5) is 38.0. The molecule has 2 aromatic rings. The minimum Gasteiger partial charge on any atom is -0.508 e. The number of phenols is 1. The number of phenolic OH excluding ortho intramolecular Hbond substituents is 1. The lowest BCUT2D eigenvalue weighted by Gasteiger charge is -2.21. The van der Waals surface area contributed by atoms with E-state index in [1.54, 1.807) is 6.92 Å². The lowest BCUT2D eigenvalue weighted by atomic mass is 10.1. The van der Waals surface area contributed by atoms with E-state index < -0.39 is 48.4 Å². The zero-order chi connectivity index (χ0) is 21.3. The van der Waals surface area contributed by atoms with Crippen molar-refractivity contribution in [2.24, 2.45) is 0 Å². The molecule has 0 saturated carbocycles. The molecule has 11 heteroatoms. The Labute approximate surface area is 163 Å². The third kappa shape index (κ3) is 3.88. The molecule has 0 radical (unpaired) electrons. The van der Waals surface area contributed by atoms with Crippen LogP contribution >= 0.6 is 0 Å². The average Bonchev–Trinajstić information content (AvgIpc) is 2.96. The Morgan fingerprint density at radius 2 is 2.07 bits per heavy atom. The number of aryl methyl sites for hydroxylation is 1. The normalized spacial score (nSPS) is 23.7. The van der Waals surface area contributed by atoms with Crippen LogP contribution < -0.4 is 16.0 Å². The van der Waals surface area contributed by atoms with Crippen LogP contribution in [0, 0.1) is 6.92 Å². The number of rotatable bonds is 5. The van der Waals surface area contributed by atoms with Gasteiger partial charge in [-0.2, -0.15) is 0 Å². The van der Waals surface area contributed by atoms with E-state index in [1.165, 1.54) is 19.2 Å². The number of carbonyl (C=O) groups is 1. The van der Waals surface area contributed by atoms with E-state index in [-0.39, 0.29) is 17.1 Å². The highest BCUT2D eigenvalue weighted by molar-refractivity contribution is 5.94. The summed E-state index contributed by atoms with van der Waals surface area (Å²) in [5, 5.41) is 29.8. The molecule has 4 atom stereocenters. The number of aliphatic hydroxyl groups excluding tert-OH is 2. The van der Waals surface area contributed by atoms with Crippen LogP contribution in [0.5, 0.6) is 11.5 Å². The molecule has 2 heterocycles. The maximum Gasteiger partial charge on any atom is 0.342 e. The van der Waals surface area contributed by atoms with Crippen LogP contribution in [0.4, 0.5) is 0 Å². The molecular weight excluding hydrogens is 388 g/mol. The zero-order valence-electron chi connectivity index (χ0n) is 15.6. The fraction of sp³-hybridized carbons (Fsp3) is 0.389. The zero-order valence-corrected chi connectivity index (χ0v) is 15.6. The van der Waals surface area contributed by atoms with E-state index in [4.69, 9.17) is 14.2 Å². The summed E-state index contributed by atoms with van der Waals surface area (Å²) in [6.07, 6.45) is -4.11. The van der Waals surface area contributed by atoms with Crippen molar-refractivity contribution in [1.82, 2.24) is 9.55 Å². The molecule has 0 amide bonds. The topological polar surface area (TPSA) is 160 Å². The number of aliphatic hydroxyl groups is 2. The fourth-order valence-electron chi connectivity index (χ4n) is 3.21. The van der Waals surface area contributed by atoms with Gasteiger partial charge in [-0.1, -0.05) is 0 Å². The smallest absolute Gasteiger partial charge is 0.342 e. The van der Waals surface area contributed by atoms with E-state index >= 15 is 0 Å². The summed E-state index contributed by atoms with van der Waals surface area (Å²) in [6.45, 7) is 0.960. The average molecular weight is 408 g/mol. The number of aromatic nitrogens is 2. The second kappa shape index (κ2) is 8.07. The molecule has 3 rings (SSSR count). The summed E-state index contributed by atoms with van der Waals surface area (Å²) >= 11 is 0. The first-order valence-corrected chi connectivity index (χ1v) is 8.61. The van der Waals surface area contributed by atoms with Crippen LogP contribution in [0.1, 0.15) is 22.1 Å². The van der Waals surface area contributed by atoms with Gasteiger partial charge in [0.25, 0.3) is 5.56 Å². The van der Waals surface area contributed by atoms with E-state index in [9.17, 15) is 29.7 Å². The van der Waals surface area contributed by atoms with Crippen molar-refractivity contribution in [3.63, 3.8) is 0 Å². The first kappa shape index (κ1) is 20.6. The van der Waals surface area contributed by atoms with Gasteiger partial charge >= 0.3 is 11.7 Å². The van der Waals surface area contributed by atoms with Crippen LogP contribution in [0.2, 0.25) is 0 Å². The SMILES string of the molecule is COc1cc(O)cc(C)c1C(=O)O[C@H]1[C@@H](O)[C@H](n2ccc(=O)[nH]c2=O)O[C@@H]1CO. The van der Waals surface area contributed by atoms with Crippen molar-refractivity contribution in [3.05, 3.63) is 56.4 Å². The molecule has 1 aromatic carbocycles. The molecule has 1 aromatic heterocycles. The van der Waals surface area contributed by atoms with Crippen LogP contribution in [-0.4, -0.2) is 62.9 Å². The van der Waals surface area contributed by atoms with Crippen LogP contribution in [-0.2, 0) is 9.47 Å². The highest BCUT2D eigenvalue weighted by atomic mass is 16.6. The first-order chi connectivity index (χ1) is 13.8. The van der Waals surface area contributed by atoms with Gasteiger partial charge in [-0.25, -0.2) is 9.59 Å². The molecule has 1 saturated heterocycles. The number of methoxy groups -OCH3 is 1. The number of aromatic hydroxyl groups is 1. The fourth-order valence-corrected chi connectivity index (χ4v) is 3.21. The van der Waals surface area contributed by atoms with Crippen molar-refractivity contribution in [1.29, 1.82) is 0 Å². The molecule has 0 spiro atoms. The highest BCUT2D eigenvalue weighted by Gasteiger charge is 2.47. The Morgan fingerprint density at radius 1 is 1.34 bits per heavy atom. The number of hydrogen-bond donors (Lipinski definition) is 4. The van der Waals surface area contributed by atoms with Gasteiger partial charge in [0.15, 0.2) is 12.3 Å². The second-order valence-electron chi connectivity index (χ2n) is 6.47. The van der Waals surface area contributed by atoms with Gasteiger partial charge in [0.05, 0.1) is 13.7 Å². The Bertz CT molecular complexity index is 1030. The van der Waals surface area contributed by atoms with Crippen LogP contribution in [0.15, 0.2) is 34.0 Å². The molecule has 11 nitrogen and oxygen atoms in total. The minimum absolute atomic E-state index is 0.0267. The van der Waals surface area contributed by atoms with Gasteiger partial charge in [0.1, 0.15) is 29.3 Å². The van der Waals surface area contributed by atoms with E-state index in [2.05, 4.69) is 0 Å². The molecule has 1 fully saturated rings. The van der Waals surface area contributed by atoms with Gasteiger partial charge in [0.2, 0.25) is 0 Å². The minimum atomic E-state index is -1.51. The van der Waals surface area contributed by atoms with Gasteiger partial charge in [-0.3, -0.25) is 14.3 Å². The summed E-state index contributed by atoms with van der Waals surface area (Å²) in [5.41, 5.74) is -1.07. The predicted octanol–water partition coefficient (Wildman–Crippen LogP) is -0.965. The molecule has 0 bridgehead atoms. The number of nitrogens with zero attached hydrogens (tertiary/aromatic N) is 1. The van der Waals surface area contributed by atoms with Crippen molar-refractivity contribution in [2.75, 3.05) is 13.7 Å². The number of H-pyrrole nitrogens is 1. The molecule has 29 heavy (non-hydrogen) atoms. The van der Waals surface area contributed by atoms with Crippen LogP contribution in [0.3, 0.4) is 0 Å². The van der Waals surface area contributed by atoms with Gasteiger partial charge in [-0.15, -0.1) is 0 Å². The Balaban J connectivity index is 1.90. The maximum atomic E-state index is 12.7. The first-order valence-electron chi connectivity index (χ1n) is 8.61. The summed E-state index contributed by atoms with van der Waals surface area (Å²) in [7, 11) is 1.31. The third-order valence-corrected chi connectivity index (χ3v) is 4.57. The van der Waals surface area contributed by atoms with E-state index in [0.29, 0.717) is 5.56 Å². The second-order valence-corrected chi connectivity index (χ2v) is 6.47. The largest absolute Gasteiger partial charge is 0.508 e. The molecule has 0 unspecified atom stereocenters. The highest BCUT2D eigenvalue weighted by Crippen LogP contribution is 2.33. The maximum absolute atomic E-state index is 12.7. The number of benzene rings is 1. The number of hydrogen-bond acceptors (Lipinski definition) is 9. The third-order valence-electron chi connectivity index (χ3n) is 4.57. The summed E-state index contributed by atoms with van der Waals surface area (Å²) in [6, 6.07) is 3.64. The molecular formula is C18H20N2O9. The Kier molecular flexibility index (Phi) is 5.73. The lowest BCUT2D eigenvalue weighted by molar-refractivity contribution is -0.0564. The lowest BCUT2D eigenvalue weighted by Crippen LogP contribution is -2.40. The summed E-state index contributed by atoms with van der Waals surface area (Å²) in [5.74, 6) is -0.916. The van der Waals surface area contributed by atoms with Crippen molar-refractivity contribution in [3.8, 4) is 11.5 Å². The van der Waals surface area contributed by atoms with E-state index in [1.807, 2.05) is 4.98 Å². The van der Waals surface area contributed by atoms with Crippen molar-refractivity contribution in [2.45, 2.75) is 31.5 Å². The predicted molar refractivity (Wildman–Crippen MR) is 96.9 cm³/mol. The van der Waals surface area contributed by atoms with Gasteiger partial charge in [0, 0.05) is 18.3 Å². The molecule has 1 aliphatic heterocycles.